The third-order valence-electron chi connectivity index (χ3n) is 1.91. The standard InChI is InChI=1S/C10H22N2O/c1-9(2)8-12(3)10(13)6-4-5-7-11/h9H,4-8,11H2,1-3H3. The summed E-state index contributed by atoms with van der Waals surface area (Å²) in [6, 6.07) is 0. The highest BCUT2D eigenvalue weighted by atomic mass is 16.2. The van der Waals surface area contributed by atoms with Crippen molar-refractivity contribution < 1.29 is 4.79 Å². The van der Waals surface area contributed by atoms with Gasteiger partial charge in [-0.2, -0.15) is 0 Å². The molecule has 3 nitrogen and oxygen atoms in total. The summed E-state index contributed by atoms with van der Waals surface area (Å²) in [7, 11) is 1.87. The van der Waals surface area contributed by atoms with Gasteiger partial charge in [0, 0.05) is 20.0 Å². The molecular formula is C10H22N2O. The fourth-order valence-corrected chi connectivity index (χ4v) is 1.26. The molecule has 0 aromatic rings. The lowest BCUT2D eigenvalue weighted by Crippen LogP contribution is -2.30. The molecule has 0 unspecified atom stereocenters. The summed E-state index contributed by atoms with van der Waals surface area (Å²) in [5, 5.41) is 0. The van der Waals surface area contributed by atoms with E-state index in [4.69, 9.17) is 5.73 Å². The van der Waals surface area contributed by atoms with Crippen LogP contribution in [0.15, 0.2) is 0 Å². The fraction of sp³-hybridized carbons (Fsp3) is 0.900. The smallest absolute Gasteiger partial charge is 0.222 e. The molecule has 0 aliphatic carbocycles. The van der Waals surface area contributed by atoms with Crippen LogP contribution in [-0.2, 0) is 4.79 Å². The quantitative estimate of drug-likeness (QED) is 0.634. The molecule has 0 rings (SSSR count). The van der Waals surface area contributed by atoms with Gasteiger partial charge in [0.1, 0.15) is 0 Å². The van der Waals surface area contributed by atoms with Crippen LogP contribution in [0.25, 0.3) is 0 Å². The Morgan fingerprint density at radius 2 is 2.00 bits per heavy atom. The van der Waals surface area contributed by atoms with E-state index in [1.54, 1.807) is 4.90 Å². The Morgan fingerprint density at radius 3 is 2.46 bits per heavy atom. The van der Waals surface area contributed by atoms with E-state index < -0.39 is 0 Å². The van der Waals surface area contributed by atoms with Gasteiger partial charge >= 0.3 is 0 Å². The Labute approximate surface area is 81.3 Å². The molecule has 0 aromatic heterocycles. The summed E-state index contributed by atoms with van der Waals surface area (Å²) < 4.78 is 0. The number of unbranched alkanes of at least 4 members (excludes halogenated alkanes) is 1. The maximum Gasteiger partial charge on any atom is 0.222 e. The van der Waals surface area contributed by atoms with Gasteiger partial charge in [0.15, 0.2) is 0 Å². The molecule has 2 N–H and O–H groups in total. The van der Waals surface area contributed by atoms with Crippen LogP contribution in [0.2, 0.25) is 0 Å². The van der Waals surface area contributed by atoms with E-state index in [0.29, 0.717) is 18.9 Å². The highest BCUT2D eigenvalue weighted by Gasteiger charge is 2.08. The predicted octanol–water partition coefficient (Wildman–Crippen LogP) is 1.23. The van der Waals surface area contributed by atoms with Crippen molar-refractivity contribution in [3.8, 4) is 0 Å². The third kappa shape index (κ3) is 6.58. The average Bonchev–Trinajstić information content (AvgIpc) is 2.03. The minimum atomic E-state index is 0.238. The molecule has 1 amide bonds. The first-order chi connectivity index (χ1) is 6.07. The van der Waals surface area contributed by atoms with Crippen molar-refractivity contribution in [1.82, 2.24) is 4.90 Å². The van der Waals surface area contributed by atoms with E-state index in [1.807, 2.05) is 7.05 Å². The van der Waals surface area contributed by atoms with Gasteiger partial charge in [-0.05, 0) is 25.3 Å². The molecule has 0 bridgehead atoms. The molecule has 0 saturated carbocycles. The lowest BCUT2D eigenvalue weighted by Gasteiger charge is -2.19. The van der Waals surface area contributed by atoms with Crippen molar-refractivity contribution in [2.45, 2.75) is 33.1 Å². The summed E-state index contributed by atoms with van der Waals surface area (Å²) in [4.78, 5) is 13.2. The summed E-state index contributed by atoms with van der Waals surface area (Å²) in [6.07, 6.45) is 2.50. The molecule has 0 radical (unpaired) electrons. The zero-order valence-electron chi connectivity index (χ0n) is 9.05. The maximum atomic E-state index is 11.4. The van der Waals surface area contributed by atoms with Crippen molar-refractivity contribution in [3.63, 3.8) is 0 Å². The Hall–Kier alpha value is -0.570. The van der Waals surface area contributed by atoms with E-state index in [1.165, 1.54) is 0 Å². The SMILES string of the molecule is CC(C)CN(C)C(=O)CCCCN. The number of hydrogen-bond acceptors (Lipinski definition) is 2. The summed E-state index contributed by atoms with van der Waals surface area (Å²) >= 11 is 0. The highest BCUT2D eigenvalue weighted by molar-refractivity contribution is 5.75. The summed E-state index contributed by atoms with van der Waals surface area (Å²) in [5.41, 5.74) is 5.35. The second kappa shape index (κ2) is 6.89. The molecule has 0 spiro atoms. The van der Waals surface area contributed by atoms with E-state index in [2.05, 4.69) is 13.8 Å². The van der Waals surface area contributed by atoms with Crippen molar-refractivity contribution in [2.24, 2.45) is 11.7 Å². The second-order valence-corrected chi connectivity index (χ2v) is 3.91. The van der Waals surface area contributed by atoms with Gasteiger partial charge in [-0.15, -0.1) is 0 Å². The van der Waals surface area contributed by atoms with E-state index in [-0.39, 0.29) is 5.91 Å². The zero-order valence-corrected chi connectivity index (χ0v) is 9.05. The number of hydrogen-bond donors (Lipinski definition) is 1. The molecule has 78 valence electrons. The highest BCUT2D eigenvalue weighted by Crippen LogP contribution is 2.01. The first-order valence-corrected chi connectivity index (χ1v) is 5.02. The van der Waals surface area contributed by atoms with E-state index in [9.17, 15) is 4.79 Å². The van der Waals surface area contributed by atoms with Crippen LogP contribution in [-0.4, -0.2) is 30.9 Å². The first kappa shape index (κ1) is 12.4. The number of carbonyl (C=O) groups is 1. The van der Waals surface area contributed by atoms with Crippen LogP contribution in [0.1, 0.15) is 33.1 Å². The van der Waals surface area contributed by atoms with Crippen LogP contribution in [0.4, 0.5) is 0 Å². The van der Waals surface area contributed by atoms with Gasteiger partial charge in [-0.1, -0.05) is 13.8 Å². The van der Waals surface area contributed by atoms with Gasteiger partial charge in [0.25, 0.3) is 0 Å². The summed E-state index contributed by atoms with van der Waals surface area (Å²) in [6.45, 7) is 5.76. The lowest BCUT2D eigenvalue weighted by atomic mass is 10.2. The van der Waals surface area contributed by atoms with E-state index in [0.717, 1.165) is 19.4 Å². The number of carbonyl (C=O) groups excluding carboxylic acids is 1. The number of nitrogens with zero attached hydrogens (tertiary/aromatic N) is 1. The lowest BCUT2D eigenvalue weighted by molar-refractivity contribution is -0.130. The van der Waals surface area contributed by atoms with Crippen LogP contribution >= 0.6 is 0 Å². The molecule has 0 aliphatic heterocycles. The van der Waals surface area contributed by atoms with Crippen LogP contribution in [0.3, 0.4) is 0 Å². The number of rotatable bonds is 6. The molecule has 0 fully saturated rings. The minimum absolute atomic E-state index is 0.238. The van der Waals surface area contributed by atoms with Gasteiger partial charge in [-0.3, -0.25) is 4.79 Å². The monoisotopic (exact) mass is 186 g/mol. The molecular weight excluding hydrogens is 164 g/mol. The second-order valence-electron chi connectivity index (χ2n) is 3.91. The number of amides is 1. The van der Waals surface area contributed by atoms with E-state index >= 15 is 0 Å². The van der Waals surface area contributed by atoms with Gasteiger partial charge in [0.2, 0.25) is 5.91 Å². The molecule has 0 atom stereocenters. The first-order valence-electron chi connectivity index (χ1n) is 5.02. The van der Waals surface area contributed by atoms with Crippen LogP contribution in [0.5, 0.6) is 0 Å². The normalized spacial score (nSPS) is 10.5. The zero-order chi connectivity index (χ0) is 10.3. The van der Waals surface area contributed by atoms with Crippen LogP contribution in [0, 0.1) is 5.92 Å². The summed E-state index contributed by atoms with van der Waals surface area (Å²) in [5.74, 6) is 0.783. The van der Waals surface area contributed by atoms with Crippen molar-refractivity contribution in [3.05, 3.63) is 0 Å². The number of nitrogens with two attached hydrogens (primary N) is 1. The van der Waals surface area contributed by atoms with Gasteiger partial charge in [0.05, 0.1) is 0 Å². The fourth-order valence-electron chi connectivity index (χ4n) is 1.26. The van der Waals surface area contributed by atoms with Crippen LogP contribution < -0.4 is 5.73 Å². The van der Waals surface area contributed by atoms with Gasteiger partial charge in [-0.25, -0.2) is 0 Å². The predicted molar refractivity (Wildman–Crippen MR) is 55.4 cm³/mol. The molecule has 0 heterocycles. The van der Waals surface area contributed by atoms with Crippen molar-refractivity contribution >= 4 is 5.91 Å². The Bertz CT molecular complexity index is 146. The average molecular weight is 186 g/mol. The Kier molecular flexibility index (Phi) is 6.59. The van der Waals surface area contributed by atoms with Gasteiger partial charge < -0.3 is 10.6 Å². The molecule has 3 heteroatoms. The molecule has 0 aliphatic rings. The minimum Gasteiger partial charge on any atom is -0.346 e. The Morgan fingerprint density at radius 1 is 1.38 bits per heavy atom. The topological polar surface area (TPSA) is 46.3 Å². The van der Waals surface area contributed by atoms with Crippen molar-refractivity contribution in [2.75, 3.05) is 20.1 Å². The van der Waals surface area contributed by atoms with Crippen molar-refractivity contribution in [1.29, 1.82) is 0 Å². The molecule has 0 saturated heterocycles. The largest absolute Gasteiger partial charge is 0.346 e. The molecule has 13 heavy (non-hydrogen) atoms. The molecule has 0 aromatic carbocycles. The third-order valence-corrected chi connectivity index (χ3v) is 1.91. The Balaban J connectivity index is 3.57. The maximum absolute atomic E-state index is 11.4.